The number of fused-ring (bicyclic) bond motifs is 2. The fourth-order valence-electron chi connectivity index (χ4n) is 6.72. The molecule has 8 rings (SSSR count). The van der Waals surface area contributed by atoms with Gasteiger partial charge in [0.05, 0.1) is 62.8 Å². The van der Waals surface area contributed by atoms with Crippen LogP contribution >= 0.6 is 27.5 Å². The highest BCUT2D eigenvalue weighted by molar-refractivity contribution is 9.10. The Morgan fingerprint density at radius 1 is 0.828 bits per heavy atom. The van der Waals surface area contributed by atoms with E-state index in [-0.39, 0.29) is 42.7 Å². The molecule has 2 unspecified atom stereocenters. The highest BCUT2D eigenvalue weighted by Crippen LogP contribution is 2.34. The molecule has 2 fully saturated rings. The van der Waals surface area contributed by atoms with Crippen LogP contribution in [0.2, 0.25) is 5.02 Å². The van der Waals surface area contributed by atoms with Crippen LogP contribution in [0, 0.1) is 0 Å². The Morgan fingerprint density at radius 3 is 2.03 bits per heavy atom. The molecule has 304 valence electrons. The number of aromatic nitrogens is 7. The zero-order valence-electron chi connectivity index (χ0n) is 30.8. The second-order valence-corrected chi connectivity index (χ2v) is 14.9. The van der Waals surface area contributed by atoms with Crippen LogP contribution in [0.1, 0.15) is 67.8 Å². The van der Waals surface area contributed by atoms with Crippen LogP contribution in [0.3, 0.4) is 0 Å². The van der Waals surface area contributed by atoms with E-state index in [0.717, 1.165) is 64.7 Å². The predicted octanol–water partition coefficient (Wildman–Crippen LogP) is 7.42. The molecule has 2 atom stereocenters. The van der Waals surface area contributed by atoms with Crippen molar-refractivity contribution in [1.82, 2.24) is 39.4 Å². The monoisotopic (exact) mass is 883 g/mol. The highest BCUT2D eigenvalue weighted by atomic mass is 79.9. The maximum absolute atomic E-state index is 13.5. The van der Waals surface area contributed by atoms with Gasteiger partial charge in [0.2, 0.25) is 0 Å². The van der Waals surface area contributed by atoms with Crippen LogP contribution in [-0.4, -0.2) is 64.4 Å². The molecule has 2 aliphatic heterocycles. The molecule has 1 aromatic carbocycles. The topological polar surface area (TPSA) is 194 Å². The molecule has 2 saturated heterocycles. The Labute approximate surface area is 343 Å². The molecule has 7 heterocycles. The van der Waals surface area contributed by atoms with Crippen molar-refractivity contribution in [3.05, 3.63) is 93.7 Å². The number of pyridine rings is 3. The number of rotatable bonds is 7. The number of nitrogens with one attached hydrogen (secondary N) is 1. The molecule has 0 saturated carbocycles. The molecule has 5 N–H and O–H groups in total. The number of anilines is 3. The van der Waals surface area contributed by atoms with Gasteiger partial charge in [0.25, 0.3) is 0 Å². The number of ether oxygens (including phenoxy) is 2. The van der Waals surface area contributed by atoms with E-state index in [4.69, 9.17) is 32.5 Å². The zero-order chi connectivity index (χ0) is 41.0. The first-order chi connectivity index (χ1) is 27.9. The van der Waals surface area contributed by atoms with Crippen LogP contribution in [0.25, 0.3) is 21.8 Å². The summed E-state index contributed by atoms with van der Waals surface area (Å²) in [4.78, 5) is 40.0. The largest absolute Gasteiger partial charge is 0.417 e. The first-order valence-corrected chi connectivity index (χ1v) is 19.5. The van der Waals surface area contributed by atoms with Crippen molar-refractivity contribution in [3.8, 4) is 0 Å². The molecular formula is C38H38BrClF3N11O4. The molecule has 6 aromatic rings. The molecule has 58 heavy (non-hydrogen) atoms. The average molecular weight is 885 g/mol. The molecule has 0 bridgehead atoms. The Kier molecular flexibility index (Phi) is 12.4. The van der Waals surface area contributed by atoms with Crippen LogP contribution in [0.5, 0.6) is 0 Å². The van der Waals surface area contributed by atoms with Crippen LogP contribution in [0.15, 0.2) is 71.9 Å². The summed E-state index contributed by atoms with van der Waals surface area (Å²) in [7, 11) is 0. The minimum Gasteiger partial charge on any atom is -0.383 e. The fourth-order valence-corrected chi connectivity index (χ4v) is 7.41. The van der Waals surface area contributed by atoms with Gasteiger partial charge in [0.15, 0.2) is 12.5 Å². The number of benzene rings is 1. The minimum atomic E-state index is -4.56. The van der Waals surface area contributed by atoms with Crippen molar-refractivity contribution in [1.29, 1.82) is 0 Å². The Morgan fingerprint density at radius 2 is 1.45 bits per heavy atom. The summed E-state index contributed by atoms with van der Waals surface area (Å²) >= 11 is 9.79. The third-order valence-electron chi connectivity index (χ3n) is 9.68. The minimum absolute atomic E-state index is 0.0133. The van der Waals surface area contributed by atoms with E-state index < -0.39 is 23.6 Å². The number of carbonyl (C=O) groups is 2. The lowest BCUT2D eigenvalue weighted by atomic mass is 10.2. The van der Waals surface area contributed by atoms with Gasteiger partial charge in [-0.3, -0.25) is 14.6 Å². The number of nitrogens with two attached hydrogens (primary N) is 2. The molecule has 0 spiro atoms. The van der Waals surface area contributed by atoms with Crippen LogP contribution < -0.4 is 16.8 Å². The van der Waals surface area contributed by atoms with E-state index in [9.17, 15) is 22.8 Å². The van der Waals surface area contributed by atoms with Gasteiger partial charge in [-0.05, 0) is 78.2 Å². The van der Waals surface area contributed by atoms with E-state index in [0.29, 0.717) is 46.5 Å². The van der Waals surface area contributed by atoms with Crippen LogP contribution in [0.4, 0.5) is 30.5 Å². The summed E-state index contributed by atoms with van der Waals surface area (Å²) in [6.07, 6.45) is 7.91. The fraction of sp³-hybridized carbons (Fsp3) is 0.342. The maximum Gasteiger partial charge on any atom is 0.417 e. The number of hydrogen-bond acceptors (Lipinski definition) is 11. The summed E-state index contributed by atoms with van der Waals surface area (Å²) in [5, 5.41) is 13.1. The first-order valence-electron chi connectivity index (χ1n) is 18.4. The van der Waals surface area contributed by atoms with E-state index >= 15 is 0 Å². The van der Waals surface area contributed by atoms with Crippen molar-refractivity contribution in [2.45, 2.75) is 70.2 Å². The molecule has 5 aromatic heterocycles. The van der Waals surface area contributed by atoms with E-state index in [1.807, 2.05) is 4.68 Å². The molecule has 2 amide bonds. The lowest BCUT2D eigenvalue weighted by molar-refractivity contribution is -0.144. The molecular weight excluding hydrogens is 847 g/mol. The number of alkyl halides is 3. The highest BCUT2D eigenvalue weighted by Gasteiger charge is 2.31. The zero-order valence-corrected chi connectivity index (χ0v) is 33.2. The first kappa shape index (κ1) is 40.8. The summed E-state index contributed by atoms with van der Waals surface area (Å²) in [5.74, 6) is -1.27. The van der Waals surface area contributed by atoms with Crippen molar-refractivity contribution >= 4 is 78.5 Å². The summed E-state index contributed by atoms with van der Waals surface area (Å²) < 4.78 is 55.0. The second kappa shape index (κ2) is 17.6. The summed E-state index contributed by atoms with van der Waals surface area (Å²) in [5.41, 5.74) is 13.3. The summed E-state index contributed by atoms with van der Waals surface area (Å²) in [6.45, 7) is 1.00. The number of nitrogens with zero attached hydrogens (tertiary/aromatic N) is 8. The normalized spacial score (nSPS) is 17.1. The Bertz CT molecular complexity index is 2420. The molecule has 15 nitrogen and oxygen atoms in total. The van der Waals surface area contributed by atoms with Crippen molar-refractivity contribution in [3.63, 3.8) is 0 Å². The smallest absolute Gasteiger partial charge is 0.383 e. The van der Waals surface area contributed by atoms with Gasteiger partial charge >= 0.3 is 18.0 Å². The van der Waals surface area contributed by atoms with Gasteiger partial charge in [0.1, 0.15) is 17.2 Å². The van der Waals surface area contributed by atoms with Gasteiger partial charge in [0, 0.05) is 37.2 Å². The predicted molar refractivity (Wildman–Crippen MR) is 213 cm³/mol. The van der Waals surface area contributed by atoms with Gasteiger partial charge in [-0.1, -0.05) is 29.8 Å². The average Bonchev–Trinajstić information content (AvgIpc) is 3.89. The number of halogens is 5. The van der Waals surface area contributed by atoms with Gasteiger partial charge in [-0.2, -0.15) is 23.4 Å². The molecule has 0 aliphatic carbocycles. The molecule has 20 heteroatoms. The number of hydrogen-bond donors (Lipinski definition) is 3. The van der Waals surface area contributed by atoms with Crippen molar-refractivity contribution < 1.29 is 32.2 Å². The summed E-state index contributed by atoms with van der Waals surface area (Å²) in [6, 6.07) is 8.75. The number of carbonyl (C=O) groups excluding carboxylic acids is 2. The quantitative estimate of drug-likeness (QED) is 0.135. The van der Waals surface area contributed by atoms with Crippen molar-refractivity contribution in [2.75, 3.05) is 30.0 Å². The number of amides is 2. The number of nitrogen functional groups attached to an aromatic ring is 2. The lowest BCUT2D eigenvalue weighted by Crippen LogP contribution is -2.39. The molecule has 0 radical (unpaired) electrons. The lowest BCUT2D eigenvalue weighted by Gasteiger charge is -2.24. The van der Waals surface area contributed by atoms with E-state index in [2.05, 4.69) is 46.4 Å². The SMILES string of the molecule is Nc1ncc(Br)c2c1cnn2C1CCCCO1.Nc1ncc(NC(=O)C(=O)N(Cc2ccc(C(F)(F)F)cn2)Cc2ccccc2Cl)c2c1cnn2C1CCCCO1. The van der Waals surface area contributed by atoms with Gasteiger partial charge in [-0.15, -0.1) is 0 Å². The van der Waals surface area contributed by atoms with E-state index in [1.54, 1.807) is 41.3 Å². The third kappa shape index (κ3) is 9.01. The standard InChI is InChI=1S/C27H25ClF3N7O3.C11H13BrN4O/c28-20-6-2-1-5-16(20)14-37(15-18-9-8-17(11-33-18)27(29,30)31)26(40)25(39)36-21-13-34-24(32)19-12-35-38(23(19)21)22-7-3-4-10-41-22;12-8-6-14-11(13)7-5-15-16(10(7)8)9-3-1-2-4-17-9/h1-2,5-6,8-9,11-13,22H,3-4,7,10,14-15H2,(H2,32,34)(H,36,39);5-6,9H,1-4H2,(H2,13,14). The maximum atomic E-state index is 13.5. The Balaban J connectivity index is 0.000000249. The van der Waals surface area contributed by atoms with Crippen molar-refractivity contribution in [2.24, 2.45) is 0 Å². The van der Waals surface area contributed by atoms with E-state index in [1.165, 1.54) is 18.8 Å². The third-order valence-corrected chi connectivity index (χ3v) is 10.6. The van der Waals surface area contributed by atoms with Gasteiger partial charge in [-0.25, -0.2) is 19.3 Å². The second-order valence-electron chi connectivity index (χ2n) is 13.6. The Hall–Kier alpha value is -5.37. The molecule has 2 aliphatic rings. The van der Waals surface area contributed by atoms with Gasteiger partial charge < -0.3 is 31.2 Å². The van der Waals surface area contributed by atoms with Crippen LogP contribution in [-0.2, 0) is 38.3 Å².